The van der Waals surface area contributed by atoms with Crippen LogP contribution >= 0.6 is 0 Å². The van der Waals surface area contributed by atoms with Crippen molar-refractivity contribution >= 4 is 23.2 Å². The molecule has 0 aromatic heterocycles. The summed E-state index contributed by atoms with van der Waals surface area (Å²) in [4.78, 5) is 12.3. The smallest absolute Gasteiger partial charge is 0.256 e. The van der Waals surface area contributed by atoms with Gasteiger partial charge in [-0.2, -0.15) is 5.26 Å². The SMILES string of the molecule is COc1ccc(OC)c(/C=C2/C(=O)Nc3c(C#N)cccc32)c1. The normalized spacial score (nSPS) is 14.1. The summed E-state index contributed by atoms with van der Waals surface area (Å²) < 4.78 is 10.6. The molecular weight excluding hydrogens is 292 g/mol. The molecule has 0 radical (unpaired) electrons. The van der Waals surface area contributed by atoms with Crippen LogP contribution in [0.1, 0.15) is 16.7 Å². The Bertz CT molecular complexity index is 863. The molecule has 0 unspecified atom stereocenters. The highest BCUT2D eigenvalue weighted by Gasteiger charge is 2.26. The molecule has 0 spiro atoms. The minimum absolute atomic E-state index is 0.243. The van der Waals surface area contributed by atoms with Crippen molar-refractivity contribution in [2.24, 2.45) is 0 Å². The Morgan fingerprint density at radius 3 is 2.70 bits per heavy atom. The van der Waals surface area contributed by atoms with Crippen LogP contribution in [0, 0.1) is 11.3 Å². The first-order valence-corrected chi connectivity index (χ1v) is 6.96. The van der Waals surface area contributed by atoms with Crippen LogP contribution in [0.25, 0.3) is 11.6 Å². The maximum atomic E-state index is 12.3. The van der Waals surface area contributed by atoms with Crippen LogP contribution in [-0.2, 0) is 4.79 Å². The summed E-state index contributed by atoms with van der Waals surface area (Å²) in [5.74, 6) is 1.06. The van der Waals surface area contributed by atoms with E-state index < -0.39 is 0 Å². The molecule has 0 bridgehead atoms. The molecule has 2 aromatic rings. The van der Waals surface area contributed by atoms with E-state index in [-0.39, 0.29) is 5.91 Å². The van der Waals surface area contributed by atoms with Gasteiger partial charge in [-0.15, -0.1) is 0 Å². The predicted molar refractivity (Wildman–Crippen MR) is 87.2 cm³/mol. The molecule has 0 saturated heterocycles. The molecule has 1 amide bonds. The minimum atomic E-state index is -0.243. The van der Waals surface area contributed by atoms with E-state index in [1.54, 1.807) is 50.6 Å². The minimum Gasteiger partial charge on any atom is -0.497 e. The van der Waals surface area contributed by atoms with Gasteiger partial charge in [-0.05, 0) is 30.3 Å². The summed E-state index contributed by atoms with van der Waals surface area (Å²) >= 11 is 0. The van der Waals surface area contributed by atoms with Crippen molar-refractivity contribution in [3.05, 3.63) is 53.1 Å². The van der Waals surface area contributed by atoms with E-state index in [1.165, 1.54) is 0 Å². The van der Waals surface area contributed by atoms with Gasteiger partial charge in [0.2, 0.25) is 0 Å². The number of hydrogen-bond acceptors (Lipinski definition) is 4. The Morgan fingerprint density at radius 1 is 1.17 bits per heavy atom. The van der Waals surface area contributed by atoms with Gasteiger partial charge < -0.3 is 14.8 Å². The lowest BCUT2D eigenvalue weighted by atomic mass is 10.0. The standard InChI is InChI=1S/C18H14N2O3/c1-22-13-6-7-16(23-2)12(8-13)9-15-14-5-3-4-11(10-19)17(14)20-18(15)21/h3-9H,1-2H3,(H,20,21)/b15-9+. The number of nitrogens with one attached hydrogen (secondary N) is 1. The second-order valence-corrected chi connectivity index (χ2v) is 4.96. The Hall–Kier alpha value is -3.26. The highest BCUT2D eigenvalue weighted by molar-refractivity contribution is 6.35. The molecule has 1 aliphatic rings. The van der Waals surface area contributed by atoms with E-state index in [1.807, 2.05) is 6.07 Å². The quantitative estimate of drug-likeness (QED) is 0.885. The fourth-order valence-corrected chi connectivity index (χ4v) is 2.56. The van der Waals surface area contributed by atoms with Crippen molar-refractivity contribution in [2.45, 2.75) is 0 Å². The number of fused-ring (bicyclic) bond motifs is 1. The van der Waals surface area contributed by atoms with E-state index in [9.17, 15) is 4.79 Å². The molecule has 114 valence electrons. The number of hydrogen-bond donors (Lipinski definition) is 1. The van der Waals surface area contributed by atoms with Gasteiger partial charge in [0.25, 0.3) is 5.91 Å². The van der Waals surface area contributed by atoms with Gasteiger partial charge in [-0.1, -0.05) is 12.1 Å². The van der Waals surface area contributed by atoms with Crippen molar-refractivity contribution in [2.75, 3.05) is 19.5 Å². The van der Waals surface area contributed by atoms with Gasteiger partial charge in [0.15, 0.2) is 0 Å². The molecule has 5 heteroatoms. The number of nitrogens with zero attached hydrogens (tertiary/aromatic N) is 1. The van der Waals surface area contributed by atoms with Crippen molar-refractivity contribution in [3.8, 4) is 17.6 Å². The number of methoxy groups -OCH3 is 2. The second-order valence-electron chi connectivity index (χ2n) is 4.96. The van der Waals surface area contributed by atoms with E-state index >= 15 is 0 Å². The van der Waals surface area contributed by atoms with E-state index in [0.717, 1.165) is 5.56 Å². The lowest BCUT2D eigenvalue weighted by molar-refractivity contribution is -0.110. The maximum Gasteiger partial charge on any atom is 0.256 e. The lowest BCUT2D eigenvalue weighted by Gasteiger charge is -2.08. The highest BCUT2D eigenvalue weighted by Crippen LogP contribution is 2.37. The molecular formula is C18H14N2O3. The number of carbonyl (C=O) groups excluding carboxylic acids is 1. The Labute approximate surface area is 133 Å². The summed E-state index contributed by atoms with van der Waals surface area (Å²) in [6.07, 6.45) is 1.74. The van der Waals surface area contributed by atoms with Gasteiger partial charge in [-0.25, -0.2) is 0 Å². The molecule has 0 aliphatic carbocycles. The number of nitriles is 1. The fourth-order valence-electron chi connectivity index (χ4n) is 2.56. The molecule has 23 heavy (non-hydrogen) atoms. The average molecular weight is 306 g/mol. The summed E-state index contributed by atoms with van der Waals surface area (Å²) in [5.41, 5.74) is 2.92. The first-order valence-electron chi connectivity index (χ1n) is 6.96. The van der Waals surface area contributed by atoms with Crippen molar-refractivity contribution < 1.29 is 14.3 Å². The maximum absolute atomic E-state index is 12.3. The van der Waals surface area contributed by atoms with E-state index in [0.29, 0.717) is 33.9 Å². The Kier molecular flexibility index (Phi) is 3.73. The number of ether oxygens (including phenoxy) is 2. The zero-order valence-electron chi connectivity index (χ0n) is 12.7. The van der Waals surface area contributed by atoms with Crippen LogP contribution in [0.3, 0.4) is 0 Å². The summed E-state index contributed by atoms with van der Waals surface area (Å²) in [6, 6.07) is 12.7. The van der Waals surface area contributed by atoms with Gasteiger partial charge in [0.05, 0.1) is 25.5 Å². The molecule has 1 heterocycles. The van der Waals surface area contributed by atoms with Crippen LogP contribution < -0.4 is 14.8 Å². The van der Waals surface area contributed by atoms with Crippen LogP contribution in [0.5, 0.6) is 11.5 Å². The largest absolute Gasteiger partial charge is 0.497 e. The molecule has 2 aromatic carbocycles. The predicted octanol–water partition coefficient (Wildman–Crippen LogP) is 3.07. The van der Waals surface area contributed by atoms with Crippen LogP contribution in [0.2, 0.25) is 0 Å². The molecule has 3 rings (SSSR count). The van der Waals surface area contributed by atoms with Crippen LogP contribution in [0.15, 0.2) is 36.4 Å². The first-order chi connectivity index (χ1) is 11.2. The third-order valence-electron chi connectivity index (χ3n) is 3.69. The lowest BCUT2D eigenvalue weighted by Crippen LogP contribution is -2.04. The molecule has 1 N–H and O–H groups in total. The van der Waals surface area contributed by atoms with Crippen LogP contribution in [0.4, 0.5) is 5.69 Å². The fraction of sp³-hybridized carbons (Fsp3) is 0.111. The summed E-state index contributed by atoms with van der Waals surface area (Å²) in [6.45, 7) is 0. The molecule has 0 fully saturated rings. The van der Waals surface area contributed by atoms with Gasteiger partial charge >= 0.3 is 0 Å². The van der Waals surface area contributed by atoms with Gasteiger partial charge in [0.1, 0.15) is 17.6 Å². The Balaban J connectivity index is 2.16. The number of anilines is 1. The third kappa shape index (κ3) is 2.51. The Morgan fingerprint density at radius 2 is 2.00 bits per heavy atom. The second kappa shape index (κ2) is 5.85. The van der Waals surface area contributed by atoms with Crippen molar-refractivity contribution in [1.29, 1.82) is 5.26 Å². The number of carbonyl (C=O) groups is 1. The summed E-state index contributed by atoms with van der Waals surface area (Å²) in [5, 5.41) is 11.9. The van der Waals surface area contributed by atoms with Crippen molar-refractivity contribution in [3.63, 3.8) is 0 Å². The number of para-hydroxylation sites is 1. The first kappa shape index (κ1) is 14.7. The number of rotatable bonds is 3. The molecule has 0 atom stereocenters. The number of benzene rings is 2. The van der Waals surface area contributed by atoms with Crippen LogP contribution in [-0.4, -0.2) is 20.1 Å². The topological polar surface area (TPSA) is 71.3 Å². The monoisotopic (exact) mass is 306 g/mol. The zero-order chi connectivity index (χ0) is 16.4. The molecule has 1 aliphatic heterocycles. The average Bonchev–Trinajstić information content (AvgIpc) is 2.90. The van der Waals surface area contributed by atoms with Crippen molar-refractivity contribution in [1.82, 2.24) is 0 Å². The van der Waals surface area contributed by atoms with Gasteiger partial charge in [0, 0.05) is 16.7 Å². The highest BCUT2D eigenvalue weighted by atomic mass is 16.5. The molecule has 0 saturated carbocycles. The summed E-state index contributed by atoms with van der Waals surface area (Å²) in [7, 11) is 3.15. The number of amides is 1. The van der Waals surface area contributed by atoms with E-state index in [2.05, 4.69) is 11.4 Å². The van der Waals surface area contributed by atoms with Gasteiger partial charge in [-0.3, -0.25) is 4.79 Å². The third-order valence-corrected chi connectivity index (χ3v) is 3.69. The van der Waals surface area contributed by atoms with E-state index in [4.69, 9.17) is 14.7 Å². The zero-order valence-corrected chi connectivity index (χ0v) is 12.7. The molecule has 5 nitrogen and oxygen atoms in total.